The highest BCUT2D eigenvalue weighted by Crippen LogP contribution is 2.01. The van der Waals surface area contributed by atoms with Crippen LogP contribution in [0.25, 0.3) is 0 Å². The summed E-state index contributed by atoms with van der Waals surface area (Å²) in [5.74, 6) is 0.817. The largest absolute Gasteiger partial charge is 0.364 e. The molecule has 0 bridgehead atoms. The van der Waals surface area contributed by atoms with Crippen LogP contribution in [0.3, 0.4) is 0 Å². The molecule has 0 unspecified atom stereocenters. The Morgan fingerprint density at radius 2 is 1.83 bits per heavy atom. The molecule has 74 valence electrons. The molecule has 0 saturated carbocycles. The fourth-order valence-electron chi connectivity index (χ4n) is 0.933. The molecule has 0 aliphatic rings. The number of nitrogens with one attached hydrogen (secondary N) is 1. The van der Waals surface area contributed by atoms with Gasteiger partial charge < -0.3 is 4.74 Å². The molecule has 0 aliphatic carbocycles. The van der Waals surface area contributed by atoms with Crippen molar-refractivity contribution in [3.8, 4) is 0 Å². The molecule has 0 aromatic rings. The van der Waals surface area contributed by atoms with E-state index in [1.165, 1.54) is 12.8 Å². The maximum atomic E-state index is 5.34. The van der Waals surface area contributed by atoms with Gasteiger partial charge in [0.15, 0.2) is 0 Å². The molecule has 0 aromatic carbocycles. The van der Waals surface area contributed by atoms with Gasteiger partial charge in [0.1, 0.15) is 0 Å². The molecule has 0 amide bonds. The van der Waals surface area contributed by atoms with Gasteiger partial charge in [-0.05, 0) is 39.2 Å². The Balaban J connectivity index is 2.91. The molecule has 2 heteroatoms. The average molecular weight is 173 g/mol. The molecule has 0 atom stereocenters. The molecule has 12 heavy (non-hydrogen) atoms. The third kappa shape index (κ3) is 9.92. The summed E-state index contributed by atoms with van der Waals surface area (Å²) in [6.07, 6.45) is 2.89. The second-order valence-corrected chi connectivity index (χ2v) is 3.90. The van der Waals surface area contributed by atoms with Crippen LogP contribution >= 0.6 is 0 Å². The minimum Gasteiger partial charge on any atom is -0.364 e. The first-order valence-electron chi connectivity index (χ1n) is 4.95. The van der Waals surface area contributed by atoms with Crippen LogP contribution in [0, 0.1) is 5.92 Å². The highest BCUT2D eigenvalue weighted by atomic mass is 16.5. The summed E-state index contributed by atoms with van der Waals surface area (Å²) >= 11 is 0. The predicted molar refractivity (Wildman–Crippen MR) is 53.2 cm³/mol. The molecular weight excluding hydrogens is 150 g/mol. The lowest BCUT2D eigenvalue weighted by atomic mass is 10.1. The van der Waals surface area contributed by atoms with Gasteiger partial charge in [-0.2, -0.15) is 0 Å². The Morgan fingerprint density at radius 3 is 2.33 bits per heavy atom. The van der Waals surface area contributed by atoms with E-state index >= 15 is 0 Å². The van der Waals surface area contributed by atoms with E-state index in [1.807, 2.05) is 0 Å². The van der Waals surface area contributed by atoms with Gasteiger partial charge in [0.2, 0.25) is 0 Å². The Kier molecular flexibility index (Phi) is 7.51. The standard InChI is InChI=1S/C10H23NO/c1-9(2)6-5-7-11-8-12-10(3)4/h9-11H,5-8H2,1-4H3. The zero-order valence-electron chi connectivity index (χ0n) is 8.89. The van der Waals surface area contributed by atoms with Crippen LogP contribution in [0.4, 0.5) is 0 Å². The minimum absolute atomic E-state index is 0.336. The van der Waals surface area contributed by atoms with Gasteiger partial charge in [0.05, 0.1) is 12.8 Å². The summed E-state index contributed by atoms with van der Waals surface area (Å²) in [6.45, 7) is 10.4. The van der Waals surface area contributed by atoms with Gasteiger partial charge in [-0.25, -0.2) is 0 Å². The summed E-state index contributed by atoms with van der Waals surface area (Å²) in [6, 6.07) is 0. The Bertz CT molecular complexity index is 79.8. The van der Waals surface area contributed by atoms with Crippen LogP contribution in [0.1, 0.15) is 40.5 Å². The Hall–Kier alpha value is -0.0800. The smallest absolute Gasteiger partial charge is 0.0968 e. The molecule has 0 fully saturated rings. The first-order chi connectivity index (χ1) is 5.63. The zero-order chi connectivity index (χ0) is 9.40. The molecule has 0 radical (unpaired) electrons. The van der Waals surface area contributed by atoms with Crippen LogP contribution in [0.5, 0.6) is 0 Å². The quantitative estimate of drug-likeness (QED) is 0.471. The second-order valence-electron chi connectivity index (χ2n) is 3.90. The molecule has 0 aliphatic heterocycles. The third-order valence-corrected chi connectivity index (χ3v) is 1.65. The summed E-state index contributed by atoms with van der Waals surface area (Å²) in [4.78, 5) is 0. The van der Waals surface area contributed by atoms with Crippen molar-refractivity contribution in [3.63, 3.8) is 0 Å². The number of ether oxygens (including phenoxy) is 1. The van der Waals surface area contributed by atoms with Gasteiger partial charge in [-0.3, -0.25) is 5.32 Å². The van der Waals surface area contributed by atoms with Crippen molar-refractivity contribution in [2.24, 2.45) is 5.92 Å². The number of rotatable bonds is 7. The van der Waals surface area contributed by atoms with E-state index in [0.29, 0.717) is 12.8 Å². The van der Waals surface area contributed by atoms with Crippen molar-refractivity contribution >= 4 is 0 Å². The van der Waals surface area contributed by atoms with Crippen molar-refractivity contribution in [3.05, 3.63) is 0 Å². The summed E-state index contributed by atoms with van der Waals surface area (Å²) in [5.41, 5.74) is 0. The van der Waals surface area contributed by atoms with Gasteiger partial charge in [-0.15, -0.1) is 0 Å². The molecule has 0 rings (SSSR count). The number of hydrogen-bond donors (Lipinski definition) is 1. The van der Waals surface area contributed by atoms with Gasteiger partial charge in [0, 0.05) is 0 Å². The summed E-state index contributed by atoms with van der Waals surface area (Å²) in [7, 11) is 0. The SMILES string of the molecule is CC(C)CCCNCOC(C)C. The van der Waals surface area contributed by atoms with E-state index < -0.39 is 0 Å². The normalized spacial score (nSPS) is 11.5. The lowest BCUT2D eigenvalue weighted by molar-refractivity contribution is 0.0644. The average Bonchev–Trinajstić information content (AvgIpc) is 1.95. The monoisotopic (exact) mass is 173 g/mol. The van der Waals surface area contributed by atoms with Crippen molar-refractivity contribution in [1.29, 1.82) is 0 Å². The van der Waals surface area contributed by atoms with Gasteiger partial charge in [0.25, 0.3) is 0 Å². The second kappa shape index (κ2) is 7.56. The van der Waals surface area contributed by atoms with Gasteiger partial charge >= 0.3 is 0 Å². The van der Waals surface area contributed by atoms with E-state index in [-0.39, 0.29) is 0 Å². The highest BCUT2D eigenvalue weighted by Gasteiger charge is 1.94. The fraction of sp³-hybridized carbons (Fsp3) is 1.00. The molecule has 2 nitrogen and oxygen atoms in total. The predicted octanol–water partition coefficient (Wildman–Crippen LogP) is 2.39. The van der Waals surface area contributed by atoms with Crippen LogP contribution in [0.15, 0.2) is 0 Å². The van der Waals surface area contributed by atoms with Crippen LogP contribution in [0.2, 0.25) is 0 Å². The fourth-order valence-corrected chi connectivity index (χ4v) is 0.933. The zero-order valence-corrected chi connectivity index (χ0v) is 8.89. The van der Waals surface area contributed by atoms with Crippen molar-refractivity contribution in [2.45, 2.75) is 46.6 Å². The lowest BCUT2D eigenvalue weighted by Gasteiger charge is -2.09. The third-order valence-electron chi connectivity index (χ3n) is 1.65. The van der Waals surface area contributed by atoms with Crippen LogP contribution < -0.4 is 5.32 Å². The number of hydrogen-bond acceptors (Lipinski definition) is 2. The Morgan fingerprint density at radius 1 is 1.17 bits per heavy atom. The van der Waals surface area contributed by atoms with E-state index in [1.54, 1.807) is 0 Å². The van der Waals surface area contributed by atoms with Gasteiger partial charge in [-0.1, -0.05) is 13.8 Å². The lowest BCUT2D eigenvalue weighted by Crippen LogP contribution is -2.21. The molecule has 0 heterocycles. The van der Waals surface area contributed by atoms with Crippen LogP contribution in [-0.4, -0.2) is 19.4 Å². The molecular formula is C10H23NO. The van der Waals surface area contributed by atoms with E-state index in [4.69, 9.17) is 4.74 Å². The molecule has 0 spiro atoms. The topological polar surface area (TPSA) is 21.3 Å². The summed E-state index contributed by atoms with van der Waals surface area (Å²) in [5, 5.41) is 3.25. The Labute approximate surface area is 76.7 Å². The van der Waals surface area contributed by atoms with E-state index in [2.05, 4.69) is 33.0 Å². The highest BCUT2D eigenvalue weighted by molar-refractivity contribution is 4.48. The van der Waals surface area contributed by atoms with Crippen molar-refractivity contribution < 1.29 is 4.74 Å². The first-order valence-corrected chi connectivity index (χ1v) is 4.95. The van der Waals surface area contributed by atoms with E-state index in [0.717, 1.165) is 12.5 Å². The van der Waals surface area contributed by atoms with Crippen LogP contribution in [-0.2, 0) is 4.74 Å². The molecule has 0 saturated heterocycles. The minimum atomic E-state index is 0.336. The summed E-state index contributed by atoms with van der Waals surface area (Å²) < 4.78 is 5.34. The maximum absolute atomic E-state index is 5.34. The van der Waals surface area contributed by atoms with Crippen molar-refractivity contribution in [2.75, 3.05) is 13.3 Å². The maximum Gasteiger partial charge on any atom is 0.0968 e. The first kappa shape index (κ1) is 11.9. The molecule has 1 N–H and O–H groups in total. The van der Waals surface area contributed by atoms with Crippen molar-refractivity contribution in [1.82, 2.24) is 5.32 Å². The van der Waals surface area contributed by atoms with E-state index in [9.17, 15) is 0 Å². The molecule has 0 aromatic heterocycles.